The number of unbranched alkanes of at least 4 members (excludes halogenated alkanes) is 12. The number of hydrogen-bond acceptors (Lipinski definition) is 9. The average Bonchev–Trinajstić information content (AvgIpc) is 3.12. The van der Waals surface area contributed by atoms with Crippen molar-refractivity contribution < 1.29 is 58.4 Å². The number of carboxylic acid groups (broad SMARTS) is 3. The SMILES string of the molecule is C[C@@H](CCCCNC(=O)CC[C@H](NC(=O)CCC(=O)NCCOCCOCCNC(=O)CCCCCCCCCCCCCCC(=O)O)C(=O)O)C(=O)O. The first-order valence-electron chi connectivity index (χ1n) is 19.8. The molecule has 0 heterocycles. The molecule has 0 spiro atoms. The van der Waals surface area contributed by atoms with Gasteiger partial charge in [0.15, 0.2) is 0 Å². The predicted octanol–water partition coefficient (Wildman–Crippen LogP) is 3.94. The number of rotatable bonds is 38. The molecule has 312 valence electrons. The van der Waals surface area contributed by atoms with Crippen LogP contribution in [0.3, 0.4) is 0 Å². The minimum absolute atomic E-state index is 0.0166. The Morgan fingerprint density at radius 2 is 0.889 bits per heavy atom. The minimum Gasteiger partial charge on any atom is -0.481 e. The van der Waals surface area contributed by atoms with Crippen LogP contribution in [0.15, 0.2) is 0 Å². The smallest absolute Gasteiger partial charge is 0.326 e. The Morgan fingerprint density at radius 1 is 0.444 bits per heavy atom. The summed E-state index contributed by atoms with van der Waals surface area (Å²) in [6.45, 7) is 3.84. The van der Waals surface area contributed by atoms with Gasteiger partial charge in [-0.1, -0.05) is 77.6 Å². The zero-order valence-corrected chi connectivity index (χ0v) is 32.5. The molecule has 0 aliphatic rings. The van der Waals surface area contributed by atoms with Crippen molar-refractivity contribution in [3.8, 4) is 0 Å². The molecule has 0 aromatic heterocycles. The summed E-state index contributed by atoms with van der Waals surface area (Å²) >= 11 is 0. The summed E-state index contributed by atoms with van der Waals surface area (Å²) in [6, 6.07) is -1.27. The highest BCUT2D eigenvalue weighted by atomic mass is 16.5. The van der Waals surface area contributed by atoms with Gasteiger partial charge in [-0.3, -0.25) is 28.8 Å². The molecule has 7 N–H and O–H groups in total. The van der Waals surface area contributed by atoms with Gasteiger partial charge in [-0.25, -0.2) is 4.79 Å². The van der Waals surface area contributed by atoms with Crippen molar-refractivity contribution in [2.24, 2.45) is 5.92 Å². The van der Waals surface area contributed by atoms with Crippen molar-refractivity contribution in [2.45, 2.75) is 148 Å². The Bertz CT molecular complexity index is 1070. The van der Waals surface area contributed by atoms with E-state index in [9.17, 15) is 38.7 Å². The van der Waals surface area contributed by atoms with E-state index < -0.39 is 41.7 Å². The summed E-state index contributed by atoms with van der Waals surface area (Å²) < 4.78 is 10.9. The molecule has 0 aromatic rings. The molecule has 0 saturated heterocycles. The number of ether oxygens (including phenoxy) is 2. The molecule has 0 unspecified atom stereocenters. The average molecular weight is 773 g/mol. The zero-order chi connectivity index (χ0) is 40.2. The molecule has 0 aliphatic heterocycles. The van der Waals surface area contributed by atoms with E-state index in [-0.39, 0.29) is 57.1 Å². The number of hydrogen-bond donors (Lipinski definition) is 7. The van der Waals surface area contributed by atoms with E-state index in [0.29, 0.717) is 58.6 Å². The van der Waals surface area contributed by atoms with E-state index in [1.165, 1.54) is 38.5 Å². The first kappa shape index (κ1) is 50.2. The van der Waals surface area contributed by atoms with Crippen molar-refractivity contribution >= 4 is 41.5 Å². The van der Waals surface area contributed by atoms with Crippen LogP contribution in [-0.4, -0.2) is 109 Å². The first-order valence-corrected chi connectivity index (χ1v) is 19.8. The standard InChI is InChI=1S/C38H68N4O12/c1-30(37(49)50)16-14-15-23-39-33(44)20-19-31(38(51)52)42-35(46)22-21-34(45)41-25-27-54-29-28-53-26-24-40-32(43)17-12-10-8-6-4-2-3-5-7-9-11-13-18-36(47)48/h30-31H,2-29H2,1H3,(H,39,44)(H,40,43)(H,41,45)(H,42,46)(H,47,48)(H,49,50)(H,51,52)/t30-,31-/m0/s1. The lowest BCUT2D eigenvalue weighted by Crippen LogP contribution is -2.42. The molecule has 4 amide bonds. The summed E-state index contributed by atoms with van der Waals surface area (Å²) in [6.07, 6.45) is 15.1. The van der Waals surface area contributed by atoms with Crippen LogP contribution in [0.25, 0.3) is 0 Å². The second-order valence-electron chi connectivity index (χ2n) is 13.6. The molecule has 0 bridgehead atoms. The molecule has 0 fully saturated rings. The molecular weight excluding hydrogens is 704 g/mol. The second-order valence-corrected chi connectivity index (χ2v) is 13.6. The molecule has 2 atom stereocenters. The lowest BCUT2D eigenvalue weighted by molar-refractivity contribution is -0.142. The fourth-order valence-electron chi connectivity index (χ4n) is 5.40. The third-order valence-electron chi connectivity index (χ3n) is 8.73. The maximum atomic E-state index is 12.2. The Balaban J connectivity index is 3.66. The van der Waals surface area contributed by atoms with Gasteiger partial charge >= 0.3 is 17.9 Å². The monoisotopic (exact) mass is 772 g/mol. The summed E-state index contributed by atoms with van der Waals surface area (Å²) in [5, 5.41) is 37.4. The fraction of sp³-hybridized carbons (Fsp3) is 0.816. The van der Waals surface area contributed by atoms with Crippen LogP contribution in [0, 0.1) is 5.92 Å². The molecule has 16 heteroatoms. The van der Waals surface area contributed by atoms with Crippen LogP contribution >= 0.6 is 0 Å². The third-order valence-corrected chi connectivity index (χ3v) is 8.73. The van der Waals surface area contributed by atoms with Gasteiger partial charge < -0.3 is 46.1 Å². The first-order chi connectivity index (χ1) is 25.9. The van der Waals surface area contributed by atoms with Crippen LogP contribution in [0.5, 0.6) is 0 Å². The maximum absolute atomic E-state index is 12.2. The highest BCUT2D eigenvalue weighted by molar-refractivity contribution is 5.87. The van der Waals surface area contributed by atoms with Crippen molar-refractivity contribution in [3.05, 3.63) is 0 Å². The zero-order valence-electron chi connectivity index (χ0n) is 32.5. The van der Waals surface area contributed by atoms with Crippen molar-refractivity contribution in [2.75, 3.05) is 46.1 Å². The van der Waals surface area contributed by atoms with Crippen LogP contribution < -0.4 is 21.3 Å². The number of carbonyl (C=O) groups excluding carboxylic acids is 4. The number of carbonyl (C=O) groups is 7. The van der Waals surface area contributed by atoms with Gasteiger partial charge in [0.05, 0.1) is 32.3 Å². The van der Waals surface area contributed by atoms with Gasteiger partial charge in [0.25, 0.3) is 0 Å². The van der Waals surface area contributed by atoms with E-state index in [4.69, 9.17) is 19.7 Å². The van der Waals surface area contributed by atoms with Crippen LogP contribution in [0.2, 0.25) is 0 Å². The fourth-order valence-corrected chi connectivity index (χ4v) is 5.40. The highest BCUT2D eigenvalue weighted by Crippen LogP contribution is 2.13. The van der Waals surface area contributed by atoms with Crippen LogP contribution in [0.1, 0.15) is 142 Å². The van der Waals surface area contributed by atoms with Gasteiger partial charge in [0.2, 0.25) is 23.6 Å². The quantitative estimate of drug-likeness (QED) is 0.0441. The minimum atomic E-state index is -1.29. The van der Waals surface area contributed by atoms with Crippen LogP contribution in [-0.2, 0) is 43.0 Å². The second kappa shape index (κ2) is 34.9. The topological polar surface area (TPSA) is 247 Å². The molecule has 0 radical (unpaired) electrons. The Morgan fingerprint density at radius 3 is 1.39 bits per heavy atom. The predicted molar refractivity (Wildman–Crippen MR) is 202 cm³/mol. The summed E-state index contributed by atoms with van der Waals surface area (Å²) in [5.74, 6) is -4.69. The van der Waals surface area contributed by atoms with Crippen molar-refractivity contribution in [1.82, 2.24) is 21.3 Å². The molecule has 0 aliphatic carbocycles. The van der Waals surface area contributed by atoms with Gasteiger partial charge in [-0.2, -0.15) is 0 Å². The number of amides is 4. The maximum Gasteiger partial charge on any atom is 0.326 e. The summed E-state index contributed by atoms with van der Waals surface area (Å²) in [7, 11) is 0. The number of nitrogens with one attached hydrogen (secondary N) is 4. The summed E-state index contributed by atoms with van der Waals surface area (Å²) in [5.41, 5.74) is 0. The van der Waals surface area contributed by atoms with Crippen molar-refractivity contribution in [1.29, 1.82) is 0 Å². The lowest BCUT2D eigenvalue weighted by Gasteiger charge is -2.14. The molecule has 54 heavy (non-hydrogen) atoms. The number of carboxylic acids is 3. The van der Waals surface area contributed by atoms with E-state index in [2.05, 4.69) is 21.3 Å². The molecule has 0 rings (SSSR count). The van der Waals surface area contributed by atoms with Gasteiger partial charge in [-0.15, -0.1) is 0 Å². The molecular formula is C38H68N4O12. The largest absolute Gasteiger partial charge is 0.481 e. The van der Waals surface area contributed by atoms with E-state index >= 15 is 0 Å². The van der Waals surface area contributed by atoms with Gasteiger partial charge in [-0.05, 0) is 32.1 Å². The van der Waals surface area contributed by atoms with E-state index in [1.54, 1.807) is 6.92 Å². The van der Waals surface area contributed by atoms with E-state index in [0.717, 1.165) is 38.5 Å². The lowest BCUT2D eigenvalue weighted by atomic mass is 10.0. The molecule has 0 saturated carbocycles. The number of aliphatic carboxylic acids is 3. The van der Waals surface area contributed by atoms with E-state index in [1.807, 2.05) is 0 Å². The molecule has 16 nitrogen and oxygen atoms in total. The normalized spacial score (nSPS) is 12.0. The van der Waals surface area contributed by atoms with Crippen molar-refractivity contribution in [3.63, 3.8) is 0 Å². The highest BCUT2D eigenvalue weighted by Gasteiger charge is 2.21. The third kappa shape index (κ3) is 34.0. The van der Waals surface area contributed by atoms with Crippen LogP contribution in [0.4, 0.5) is 0 Å². The molecule has 0 aromatic carbocycles. The van der Waals surface area contributed by atoms with Gasteiger partial charge in [0, 0.05) is 51.7 Å². The Labute approximate surface area is 320 Å². The van der Waals surface area contributed by atoms with Gasteiger partial charge in [0.1, 0.15) is 6.04 Å². The summed E-state index contributed by atoms with van der Waals surface area (Å²) in [4.78, 5) is 81.1. The Hall–Kier alpha value is -3.79. The Kier molecular flexibility index (Phi) is 32.5.